The van der Waals surface area contributed by atoms with Crippen molar-refractivity contribution in [2.45, 2.75) is 24.5 Å². The van der Waals surface area contributed by atoms with E-state index in [0.29, 0.717) is 27.7 Å². The first kappa shape index (κ1) is 19.2. The van der Waals surface area contributed by atoms with Crippen LogP contribution in [-0.4, -0.2) is 76.5 Å². The molecule has 1 aliphatic heterocycles. The molecule has 3 N–H and O–H groups in total. The van der Waals surface area contributed by atoms with Crippen molar-refractivity contribution in [3.63, 3.8) is 0 Å². The van der Waals surface area contributed by atoms with Gasteiger partial charge >= 0.3 is 6.01 Å². The first-order chi connectivity index (χ1) is 14.5. The Bertz CT molecular complexity index is 1230. The van der Waals surface area contributed by atoms with Crippen LogP contribution in [0.25, 0.3) is 28.2 Å². The third-order valence-electron chi connectivity index (χ3n) is 5.11. The van der Waals surface area contributed by atoms with Gasteiger partial charge in [-0.3, -0.25) is 4.57 Å². The Labute approximate surface area is 174 Å². The molecule has 0 aliphatic carbocycles. The number of nitrogens with zero attached hydrogens (tertiary/aromatic N) is 6. The number of rotatable bonds is 4. The predicted molar refractivity (Wildman–Crippen MR) is 104 cm³/mol. The molecule has 156 valence electrons. The zero-order chi connectivity index (χ0) is 21.0. The summed E-state index contributed by atoms with van der Waals surface area (Å²) in [6.07, 6.45) is -2.99. The molecule has 0 bridgehead atoms. The van der Waals surface area contributed by atoms with Crippen LogP contribution < -0.4 is 4.74 Å². The van der Waals surface area contributed by atoms with Crippen LogP contribution in [0, 0.1) is 0 Å². The molecule has 1 fully saturated rings. The summed E-state index contributed by atoms with van der Waals surface area (Å²) in [6.45, 7) is -0.434. The van der Waals surface area contributed by atoms with Crippen LogP contribution in [0.15, 0.2) is 30.6 Å². The second-order valence-corrected chi connectivity index (χ2v) is 7.28. The van der Waals surface area contributed by atoms with Crippen LogP contribution in [0.2, 0.25) is 5.02 Å². The fourth-order valence-corrected chi connectivity index (χ4v) is 3.73. The van der Waals surface area contributed by atoms with E-state index < -0.39 is 31.1 Å². The highest BCUT2D eigenvalue weighted by Gasteiger charge is 2.44. The van der Waals surface area contributed by atoms with Gasteiger partial charge in [-0.2, -0.15) is 4.98 Å². The van der Waals surface area contributed by atoms with E-state index in [2.05, 4.69) is 20.2 Å². The maximum Gasteiger partial charge on any atom is 0.305 e. The van der Waals surface area contributed by atoms with Gasteiger partial charge < -0.3 is 24.8 Å². The molecule has 5 rings (SSSR count). The van der Waals surface area contributed by atoms with Crippen LogP contribution in [0.3, 0.4) is 0 Å². The van der Waals surface area contributed by atoms with E-state index in [1.165, 1.54) is 18.0 Å². The smallest absolute Gasteiger partial charge is 0.305 e. The number of ether oxygens (including phenoxy) is 2. The van der Waals surface area contributed by atoms with Crippen molar-refractivity contribution < 1.29 is 24.8 Å². The van der Waals surface area contributed by atoms with Gasteiger partial charge in [0.2, 0.25) is 0 Å². The molecule has 0 spiro atoms. The lowest BCUT2D eigenvalue weighted by Gasteiger charge is -2.16. The summed E-state index contributed by atoms with van der Waals surface area (Å²) in [6, 6.07) is 7.29. The number of hydrogen-bond acceptors (Lipinski definition) is 9. The number of aliphatic hydroxyl groups is 3. The van der Waals surface area contributed by atoms with Crippen molar-refractivity contribution in [1.29, 1.82) is 0 Å². The Morgan fingerprint density at radius 1 is 1.13 bits per heavy atom. The van der Waals surface area contributed by atoms with Gasteiger partial charge in [-0.05, 0) is 24.3 Å². The minimum absolute atomic E-state index is 0.195. The van der Waals surface area contributed by atoms with Crippen molar-refractivity contribution in [1.82, 2.24) is 29.1 Å². The minimum Gasteiger partial charge on any atom is -0.468 e. The number of hydrogen-bond donors (Lipinski definition) is 3. The van der Waals surface area contributed by atoms with Crippen LogP contribution in [-0.2, 0) is 4.74 Å². The normalized spacial score (nSPS) is 24.2. The summed E-state index contributed by atoms with van der Waals surface area (Å²) in [5, 5.41) is 38.9. The molecule has 0 unspecified atom stereocenters. The van der Waals surface area contributed by atoms with Crippen molar-refractivity contribution >= 4 is 28.4 Å². The molecule has 0 amide bonds. The fraction of sp³-hybridized carbons (Fsp3) is 0.333. The van der Waals surface area contributed by atoms with E-state index >= 15 is 0 Å². The van der Waals surface area contributed by atoms with Gasteiger partial charge in [-0.1, -0.05) is 11.6 Å². The molecule has 1 aromatic carbocycles. The van der Waals surface area contributed by atoms with Crippen LogP contribution in [0.1, 0.15) is 6.23 Å². The monoisotopic (exact) mass is 432 g/mol. The van der Waals surface area contributed by atoms with Crippen LogP contribution >= 0.6 is 11.6 Å². The molecule has 3 aromatic heterocycles. The SMILES string of the molecule is COc1nc2c(ncn2[C@@H]2O[C@H](CO)[C@@H](O)[C@H]2O)c2nnc(-c3ccc(Cl)cc3)n12. The molecule has 4 atom stereocenters. The number of imidazole rings is 1. The molecular formula is C18H17ClN6O5. The van der Waals surface area contributed by atoms with Crippen LogP contribution in [0.4, 0.5) is 0 Å². The summed E-state index contributed by atoms with van der Waals surface area (Å²) in [7, 11) is 1.46. The quantitative estimate of drug-likeness (QED) is 0.418. The Kier molecular flexibility index (Phi) is 4.56. The summed E-state index contributed by atoms with van der Waals surface area (Å²) in [4.78, 5) is 8.88. The average Bonchev–Trinajstić information content (AvgIpc) is 3.44. The maximum absolute atomic E-state index is 10.4. The van der Waals surface area contributed by atoms with Gasteiger partial charge in [0.05, 0.1) is 20.0 Å². The molecule has 11 nitrogen and oxygen atoms in total. The van der Waals surface area contributed by atoms with Crippen molar-refractivity contribution in [2.24, 2.45) is 0 Å². The van der Waals surface area contributed by atoms with Gasteiger partial charge in [-0.25, -0.2) is 9.38 Å². The zero-order valence-electron chi connectivity index (χ0n) is 15.6. The lowest BCUT2D eigenvalue weighted by atomic mass is 10.1. The summed E-state index contributed by atoms with van der Waals surface area (Å²) in [5.74, 6) is 0.496. The first-order valence-electron chi connectivity index (χ1n) is 9.07. The summed E-state index contributed by atoms with van der Waals surface area (Å²) >= 11 is 5.98. The number of benzene rings is 1. The number of halogens is 1. The van der Waals surface area contributed by atoms with Gasteiger partial charge in [-0.15, -0.1) is 10.2 Å². The number of fused-ring (bicyclic) bond motifs is 3. The lowest BCUT2D eigenvalue weighted by molar-refractivity contribution is -0.0511. The summed E-state index contributed by atoms with van der Waals surface area (Å²) in [5.41, 5.74) is 1.88. The average molecular weight is 433 g/mol. The van der Waals surface area contributed by atoms with Gasteiger partial charge in [0.25, 0.3) is 0 Å². The predicted octanol–water partition coefficient (Wildman–Crippen LogP) is 0.414. The Hall–Kier alpha value is -2.83. The molecular weight excluding hydrogens is 416 g/mol. The van der Waals surface area contributed by atoms with Crippen molar-refractivity contribution in [3.05, 3.63) is 35.6 Å². The molecule has 30 heavy (non-hydrogen) atoms. The maximum atomic E-state index is 10.4. The van der Waals surface area contributed by atoms with E-state index in [1.807, 2.05) is 0 Å². The van der Waals surface area contributed by atoms with Gasteiger partial charge in [0.15, 0.2) is 28.9 Å². The third-order valence-corrected chi connectivity index (χ3v) is 5.36. The van der Waals surface area contributed by atoms with E-state index in [0.717, 1.165) is 5.56 Å². The largest absolute Gasteiger partial charge is 0.468 e. The molecule has 1 saturated heterocycles. The highest BCUT2D eigenvalue weighted by atomic mass is 35.5. The minimum atomic E-state index is -1.27. The molecule has 0 saturated carbocycles. The first-order valence-corrected chi connectivity index (χ1v) is 9.45. The molecule has 12 heteroatoms. The lowest BCUT2D eigenvalue weighted by Crippen LogP contribution is -2.33. The summed E-state index contributed by atoms with van der Waals surface area (Å²) < 4.78 is 14.2. The highest BCUT2D eigenvalue weighted by Crippen LogP contribution is 2.33. The van der Waals surface area contributed by atoms with E-state index in [4.69, 9.17) is 21.1 Å². The van der Waals surface area contributed by atoms with Crippen LogP contribution in [0.5, 0.6) is 6.01 Å². The van der Waals surface area contributed by atoms with E-state index in [1.54, 1.807) is 28.7 Å². The van der Waals surface area contributed by atoms with Gasteiger partial charge in [0.1, 0.15) is 18.3 Å². The second kappa shape index (κ2) is 7.15. The fourth-order valence-electron chi connectivity index (χ4n) is 3.60. The van der Waals surface area contributed by atoms with E-state index in [9.17, 15) is 15.3 Å². The Morgan fingerprint density at radius 2 is 1.90 bits per heavy atom. The van der Waals surface area contributed by atoms with Gasteiger partial charge in [0, 0.05) is 10.6 Å². The Balaban J connectivity index is 1.68. The highest BCUT2D eigenvalue weighted by molar-refractivity contribution is 6.30. The standard InChI is InChI=1S/C18H17ClN6O5/c1-29-18-21-15-11(20-7-24(15)17-13(28)12(27)10(6-26)30-17)16-23-22-14(25(16)18)8-2-4-9(19)5-3-8/h2-5,7,10,12-13,17,26-28H,6H2,1H3/t10-,12-,13-,17-/m1/s1. The number of aliphatic hydroxyl groups excluding tert-OH is 3. The van der Waals surface area contributed by atoms with E-state index in [-0.39, 0.29) is 6.01 Å². The van der Waals surface area contributed by atoms with Crippen molar-refractivity contribution in [3.8, 4) is 17.4 Å². The third kappa shape index (κ3) is 2.75. The molecule has 1 aliphatic rings. The molecule has 0 radical (unpaired) electrons. The number of methoxy groups -OCH3 is 1. The molecule has 4 aromatic rings. The van der Waals surface area contributed by atoms with Crippen molar-refractivity contribution in [2.75, 3.05) is 13.7 Å². The molecule has 4 heterocycles. The Morgan fingerprint density at radius 3 is 2.57 bits per heavy atom. The topological polar surface area (TPSA) is 140 Å². The second-order valence-electron chi connectivity index (χ2n) is 6.84. The number of aromatic nitrogens is 6. The zero-order valence-corrected chi connectivity index (χ0v) is 16.4.